The van der Waals surface area contributed by atoms with Crippen molar-refractivity contribution in [2.75, 3.05) is 0 Å². The topological polar surface area (TPSA) is 17.1 Å². The molecule has 0 aliphatic heterocycles. The van der Waals surface area contributed by atoms with Gasteiger partial charge in [-0.05, 0) is 26.7 Å². The van der Waals surface area contributed by atoms with Crippen LogP contribution >= 0.6 is 0 Å². The molecule has 0 rings (SSSR count). The summed E-state index contributed by atoms with van der Waals surface area (Å²) < 4.78 is 0. The van der Waals surface area contributed by atoms with Crippen LogP contribution in [0.5, 0.6) is 0 Å². The predicted octanol–water partition coefficient (Wildman–Crippen LogP) is 2.88. The van der Waals surface area contributed by atoms with E-state index in [9.17, 15) is 4.79 Å². The molecule has 0 atom stereocenters. The first-order valence-electron chi connectivity index (χ1n) is 4.03. The second-order valence-corrected chi connectivity index (χ2v) is 2.52. The molecule has 0 aromatic heterocycles. The van der Waals surface area contributed by atoms with Crippen molar-refractivity contribution in [2.45, 2.75) is 33.1 Å². The average Bonchev–Trinajstić information content (AvgIpc) is 1.96. The van der Waals surface area contributed by atoms with Crippen molar-refractivity contribution in [2.24, 2.45) is 0 Å². The van der Waals surface area contributed by atoms with Gasteiger partial charge in [-0.15, -0.1) is 0 Å². The lowest BCUT2D eigenvalue weighted by molar-refractivity contribution is -0.116. The van der Waals surface area contributed by atoms with Gasteiger partial charge in [-0.25, -0.2) is 0 Å². The van der Waals surface area contributed by atoms with Gasteiger partial charge in [0.05, 0.1) is 0 Å². The normalized spacial score (nSPS) is 11.5. The highest BCUT2D eigenvalue weighted by Gasteiger charge is 1.84. The lowest BCUT2D eigenvalue weighted by Crippen LogP contribution is -1.83. The van der Waals surface area contributed by atoms with Crippen LogP contribution in [0.3, 0.4) is 0 Å². The predicted molar refractivity (Wildman–Crippen MR) is 48.5 cm³/mol. The Morgan fingerprint density at radius 2 is 1.82 bits per heavy atom. The molecule has 0 aliphatic carbocycles. The number of hydrogen-bond acceptors (Lipinski definition) is 1. The molecule has 1 heteroatoms. The van der Waals surface area contributed by atoms with Crippen LogP contribution in [0.2, 0.25) is 0 Å². The van der Waals surface area contributed by atoms with Crippen LogP contribution in [0.1, 0.15) is 33.1 Å². The van der Waals surface area contributed by atoms with E-state index < -0.39 is 0 Å². The second kappa shape index (κ2) is 7.26. The van der Waals surface area contributed by atoms with Gasteiger partial charge in [-0.1, -0.05) is 24.3 Å². The van der Waals surface area contributed by atoms with Crippen LogP contribution in [0, 0.1) is 0 Å². The Bertz CT molecular complexity index is 154. The first-order valence-corrected chi connectivity index (χ1v) is 4.03. The van der Waals surface area contributed by atoms with E-state index >= 15 is 0 Å². The van der Waals surface area contributed by atoms with E-state index in [1.807, 2.05) is 19.1 Å². The van der Waals surface area contributed by atoms with Gasteiger partial charge < -0.3 is 0 Å². The van der Waals surface area contributed by atoms with Crippen LogP contribution in [0.15, 0.2) is 24.3 Å². The maximum Gasteiger partial charge on any atom is 0.133 e. The SMILES string of the molecule is CC=CCCC=CCC(C)=O. The van der Waals surface area contributed by atoms with Gasteiger partial charge in [0.1, 0.15) is 5.78 Å². The summed E-state index contributed by atoms with van der Waals surface area (Å²) in [6.07, 6.45) is 10.8. The lowest BCUT2D eigenvalue weighted by atomic mass is 10.2. The third kappa shape index (κ3) is 9.15. The van der Waals surface area contributed by atoms with E-state index in [4.69, 9.17) is 0 Å². The molecule has 62 valence electrons. The number of rotatable bonds is 5. The molecule has 0 saturated carbocycles. The minimum atomic E-state index is 0.229. The van der Waals surface area contributed by atoms with Gasteiger partial charge >= 0.3 is 0 Å². The fraction of sp³-hybridized carbons (Fsp3) is 0.500. The summed E-state index contributed by atoms with van der Waals surface area (Å²) in [6.45, 7) is 3.62. The zero-order chi connectivity index (χ0) is 8.53. The van der Waals surface area contributed by atoms with Gasteiger partial charge in [-0.3, -0.25) is 4.79 Å². The Hall–Kier alpha value is -0.850. The molecule has 0 aliphatic rings. The number of Topliss-reactive ketones (excluding diaryl/α,β-unsaturated/α-hetero) is 1. The molecule has 0 saturated heterocycles. The standard InChI is InChI=1S/C10H16O/c1-3-4-5-6-7-8-9-10(2)11/h3-4,7-8H,5-6,9H2,1-2H3. The summed E-state index contributed by atoms with van der Waals surface area (Å²) in [5.41, 5.74) is 0. The van der Waals surface area contributed by atoms with Crippen LogP contribution in [-0.4, -0.2) is 5.78 Å². The summed E-state index contributed by atoms with van der Waals surface area (Å²) >= 11 is 0. The van der Waals surface area contributed by atoms with E-state index in [1.54, 1.807) is 6.92 Å². The maximum absolute atomic E-state index is 10.5. The molecule has 1 nitrogen and oxygen atoms in total. The fourth-order valence-electron chi connectivity index (χ4n) is 0.726. The maximum atomic E-state index is 10.5. The van der Waals surface area contributed by atoms with Gasteiger partial charge in [0.25, 0.3) is 0 Å². The lowest BCUT2D eigenvalue weighted by Gasteiger charge is -1.85. The molecule has 0 fully saturated rings. The van der Waals surface area contributed by atoms with E-state index in [0.29, 0.717) is 6.42 Å². The highest BCUT2D eigenvalue weighted by Crippen LogP contribution is 1.94. The molecular weight excluding hydrogens is 136 g/mol. The molecule has 0 heterocycles. The molecule has 0 amide bonds. The van der Waals surface area contributed by atoms with Gasteiger partial charge in [-0.2, -0.15) is 0 Å². The molecule has 0 N–H and O–H groups in total. The number of carbonyl (C=O) groups is 1. The smallest absolute Gasteiger partial charge is 0.133 e. The molecule has 0 aromatic rings. The van der Waals surface area contributed by atoms with E-state index in [2.05, 4.69) is 12.2 Å². The highest BCUT2D eigenvalue weighted by atomic mass is 16.1. The Morgan fingerprint density at radius 3 is 2.36 bits per heavy atom. The Morgan fingerprint density at radius 1 is 1.18 bits per heavy atom. The summed E-state index contributed by atoms with van der Waals surface area (Å²) in [4.78, 5) is 10.5. The molecule has 0 aromatic carbocycles. The van der Waals surface area contributed by atoms with Crippen LogP contribution < -0.4 is 0 Å². The third-order valence-corrected chi connectivity index (χ3v) is 1.31. The number of hydrogen-bond donors (Lipinski definition) is 0. The van der Waals surface area contributed by atoms with Crippen LogP contribution in [0.4, 0.5) is 0 Å². The first kappa shape index (κ1) is 10.2. The summed E-state index contributed by atoms with van der Waals surface area (Å²) in [7, 11) is 0. The average molecular weight is 152 g/mol. The molecular formula is C10H16O. The highest BCUT2D eigenvalue weighted by molar-refractivity contribution is 5.76. The third-order valence-electron chi connectivity index (χ3n) is 1.31. The number of allylic oxidation sites excluding steroid dienone is 4. The quantitative estimate of drug-likeness (QED) is 0.437. The minimum absolute atomic E-state index is 0.229. The van der Waals surface area contributed by atoms with Crippen LogP contribution in [0.25, 0.3) is 0 Å². The minimum Gasteiger partial charge on any atom is -0.300 e. The molecule has 11 heavy (non-hydrogen) atoms. The zero-order valence-electron chi connectivity index (χ0n) is 7.34. The molecule has 0 bridgehead atoms. The summed E-state index contributed by atoms with van der Waals surface area (Å²) in [5, 5.41) is 0. The summed E-state index contributed by atoms with van der Waals surface area (Å²) in [5.74, 6) is 0.229. The molecule has 0 unspecified atom stereocenters. The van der Waals surface area contributed by atoms with Crippen molar-refractivity contribution in [1.29, 1.82) is 0 Å². The van der Waals surface area contributed by atoms with Crippen molar-refractivity contribution < 1.29 is 4.79 Å². The summed E-state index contributed by atoms with van der Waals surface area (Å²) in [6, 6.07) is 0. The number of ketones is 1. The molecule has 0 radical (unpaired) electrons. The second-order valence-electron chi connectivity index (χ2n) is 2.52. The van der Waals surface area contributed by atoms with Crippen molar-refractivity contribution in [3.05, 3.63) is 24.3 Å². The van der Waals surface area contributed by atoms with Crippen LogP contribution in [-0.2, 0) is 4.79 Å². The Kier molecular flexibility index (Phi) is 6.70. The van der Waals surface area contributed by atoms with E-state index in [-0.39, 0.29) is 5.78 Å². The first-order chi connectivity index (χ1) is 5.27. The fourth-order valence-corrected chi connectivity index (χ4v) is 0.726. The molecule has 0 spiro atoms. The Labute approximate surface area is 68.8 Å². The van der Waals surface area contributed by atoms with Crippen molar-refractivity contribution in [1.82, 2.24) is 0 Å². The van der Waals surface area contributed by atoms with Gasteiger partial charge in [0, 0.05) is 6.42 Å². The van der Waals surface area contributed by atoms with E-state index in [1.165, 1.54) is 0 Å². The zero-order valence-corrected chi connectivity index (χ0v) is 7.34. The monoisotopic (exact) mass is 152 g/mol. The van der Waals surface area contributed by atoms with Gasteiger partial charge in [0.2, 0.25) is 0 Å². The largest absolute Gasteiger partial charge is 0.300 e. The van der Waals surface area contributed by atoms with Crippen molar-refractivity contribution >= 4 is 5.78 Å². The van der Waals surface area contributed by atoms with Crippen molar-refractivity contribution in [3.8, 4) is 0 Å². The van der Waals surface area contributed by atoms with E-state index in [0.717, 1.165) is 12.8 Å². The number of unbranched alkanes of at least 4 members (excludes halogenated alkanes) is 1. The number of carbonyl (C=O) groups excluding carboxylic acids is 1. The van der Waals surface area contributed by atoms with Gasteiger partial charge in [0.15, 0.2) is 0 Å². The van der Waals surface area contributed by atoms with Crippen molar-refractivity contribution in [3.63, 3.8) is 0 Å². The Balaban J connectivity index is 3.23.